The molecule has 15 heavy (non-hydrogen) atoms. The first-order chi connectivity index (χ1) is 6.86. The van der Waals surface area contributed by atoms with Crippen LogP contribution in [0.5, 0.6) is 0 Å². The Morgan fingerprint density at radius 1 is 1.27 bits per heavy atom. The summed E-state index contributed by atoms with van der Waals surface area (Å²) >= 11 is 6.21. The van der Waals surface area contributed by atoms with E-state index in [4.69, 9.17) is 11.6 Å². The van der Waals surface area contributed by atoms with E-state index in [9.17, 15) is 0 Å². The van der Waals surface area contributed by atoms with Crippen LogP contribution in [0.2, 0.25) is 0 Å². The lowest BCUT2D eigenvalue weighted by atomic mass is 10.1. The first kappa shape index (κ1) is 12.0. The van der Waals surface area contributed by atoms with Crippen LogP contribution < -0.4 is 0 Å². The summed E-state index contributed by atoms with van der Waals surface area (Å²) in [4.78, 5) is 3.86. The Bertz CT molecular complexity index is 375. The van der Waals surface area contributed by atoms with E-state index in [0.717, 1.165) is 5.56 Å². The number of hydrogen-bond donors (Lipinski definition) is 0. The molecule has 0 saturated carbocycles. The SMILES string of the molecule is Cl.ClC(Cn1cncn1)c1ccccc1. The molecule has 0 N–H and O–H groups in total. The van der Waals surface area contributed by atoms with E-state index in [2.05, 4.69) is 10.1 Å². The fraction of sp³-hybridized carbons (Fsp3) is 0.200. The van der Waals surface area contributed by atoms with Gasteiger partial charge in [0.1, 0.15) is 12.7 Å². The Hall–Kier alpha value is -1.06. The summed E-state index contributed by atoms with van der Waals surface area (Å²) in [5, 5.41) is 3.95. The minimum Gasteiger partial charge on any atom is -0.251 e. The molecular weight excluding hydrogens is 233 g/mol. The van der Waals surface area contributed by atoms with E-state index in [1.807, 2.05) is 30.3 Å². The monoisotopic (exact) mass is 243 g/mol. The third-order valence-corrected chi connectivity index (χ3v) is 2.37. The zero-order chi connectivity index (χ0) is 9.80. The molecule has 0 fully saturated rings. The summed E-state index contributed by atoms with van der Waals surface area (Å²) in [5.41, 5.74) is 1.10. The average Bonchev–Trinajstić information content (AvgIpc) is 2.72. The maximum absolute atomic E-state index is 6.21. The quantitative estimate of drug-likeness (QED) is 0.777. The summed E-state index contributed by atoms with van der Waals surface area (Å²) in [6.45, 7) is 0.644. The minimum absolute atomic E-state index is 0. The van der Waals surface area contributed by atoms with Crippen molar-refractivity contribution in [1.29, 1.82) is 0 Å². The molecule has 0 bridgehead atoms. The van der Waals surface area contributed by atoms with Crippen molar-refractivity contribution in [3.05, 3.63) is 48.5 Å². The molecule has 2 aromatic rings. The summed E-state index contributed by atoms with van der Waals surface area (Å²) in [6.07, 6.45) is 3.17. The molecule has 1 unspecified atom stereocenters. The van der Waals surface area contributed by atoms with Crippen molar-refractivity contribution in [3.8, 4) is 0 Å². The second kappa shape index (κ2) is 5.73. The number of nitrogens with zero attached hydrogens (tertiary/aromatic N) is 3. The zero-order valence-corrected chi connectivity index (χ0v) is 9.53. The fourth-order valence-electron chi connectivity index (χ4n) is 1.26. The van der Waals surface area contributed by atoms with Crippen LogP contribution >= 0.6 is 24.0 Å². The molecule has 0 aliphatic heterocycles. The van der Waals surface area contributed by atoms with E-state index < -0.39 is 0 Å². The standard InChI is InChI=1S/C10H10ClN3.ClH/c11-10(6-14-8-12-7-13-14)9-4-2-1-3-5-9;/h1-5,7-8,10H,6H2;1H. The van der Waals surface area contributed by atoms with Crippen LogP contribution in [0.4, 0.5) is 0 Å². The first-order valence-electron chi connectivity index (χ1n) is 4.37. The molecule has 80 valence electrons. The molecule has 1 heterocycles. The fourth-order valence-corrected chi connectivity index (χ4v) is 1.55. The van der Waals surface area contributed by atoms with Gasteiger partial charge < -0.3 is 0 Å². The topological polar surface area (TPSA) is 30.7 Å². The highest BCUT2D eigenvalue weighted by Crippen LogP contribution is 2.21. The minimum atomic E-state index is -0.0575. The summed E-state index contributed by atoms with van der Waals surface area (Å²) in [6, 6.07) is 9.95. The second-order valence-corrected chi connectivity index (χ2v) is 3.52. The van der Waals surface area contributed by atoms with Gasteiger partial charge in [-0.1, -0.05) is 30.3 Å². The van der Waals surface area contributed by atoms with Crippen molar-refractivity contribution in [3.63, 3.8) is 0 Å². The number of rotatable bonds is 3. The van der Waals surface area contributed by atoms with Gasteiger partial charge >= 0.3 is 0 Å². The third-order valence-electron chi connectivity index (χ3n) is 1.98. The normalized spacial score (nSPS) is 11.8. The Morgan fingerprint density at radius 3 is 2.60 bits per heavy atom. The van der Waals surface area contributed by atoms with E-state index in [-0.39, 0.29) is 17.8 Å². The maximum atomic E-state index is 6.21. The van der Waals surface area contributed by atoms with E-state index in [1.165, 1.54) is 6.33 Å². The number of benzene rings is 1. The van der Waals surface area contributed by atoms with Crippen molar-refractivity contribution in [1.82, 2.24) is 14.8 Å². The van der Waals surface area contributed by atoms with Crippen molar-refractivity contribution in [2.75, 3.05) is 0 Å². The Labute approximate surface area is 99.5 Å². The summed E-state index contributed by atoms with van der Waals surface area (Å²) < 4.78 is 1.73. The van der Waals surface area contributed by atoms with Crippen LogP contribution in [-0.2, 0) is 6.54 Å². The molecule has 1 aromatic heterocycles. The summed E-state index contributed by atoms with van der Waals surface area (Å²) in [5.74, 6) is 0. The van der Waals surface area contributed by atoms with Crippen LogP contribution in [-0.4, -0.2) is 14.8 Å². The Morgan fingerprint density at radius 2 is 2.00 bits per heavy atom. The van der Waals surface area contributed by atoms with Gasteiger partial charge in [0.05, 0.1) is 11.9 Å². The van der Waals surface area contributed by atoms with Crippen LogP contribution in [0, 0.1) is 0 Å². The van der Waals surface area contributed by atoms with Gasteiger partial charge in [0.15, 0.2) is 0 Å². The van der Waals surface area contributed by atoms with E-state index in [1.54, 1.807) is 11.0 Å². The molecular formula is C10H11Cl2N3. The lowest BCUT2D eigenvalue weighted by Crippen LogP contribution is -2.04. The molecule has 0 spiro atoms. The van der Waals surface area contributed by atoms with Crippen LogP contribution in [0.25, 0.3) is 0 Å². The van der Waals surface area contributed by atoms with E-state index in [0.29, 0.717) is 6.54 Å². The predicted octanol–water partition coefficient (Wildman–Crippen LogP) is 2.68. The largest absolute Gasteiger partial charge is 0.251 e. The lowest BCUT2D eigenvalue weighted by molar-refractivity contribution is 0.600. The maximum Gasteiger partial charge on any atom is 0.137 e. The highest BCUT2D eigenvalue weighted by atomic mass is 35.5. The van der Waals surface area contributed by atoms with Crippen LogP contribution in [0.15, 0.2) is 43.0 Å². The second-order valence-electron chi connectivity index (χ2n) is 3.00. The molecule has 3 nitrogen and oxygen atoms in total. The molecule has 0 amide bonds. The van der Waals surface area contributed by atoms with Gasteiger partial charge in [-0.05, 0) is 5.56 Å². The van der Waals surface area contributed by atoms with Gasteiger partial charge in [-0.25, -0.2) is 4.98 Å². The van der Waals surface area contributed by atoms with E-state index >= 15 is 0 Å². The molecule has 0 aliphatic rings. The van der Waals surface area contributed by atoms with Gasteiger partial charge in [-0.2, -0.15) is 5.10 Å². The van der Waals surface area contributed by atoms with Gasteiger partial charge in [-0.15, -0.1) is 24.0 Å². The van der Waals surface area contributed by atoms with Crippen molar-refractivity contribution in [2.24, 2.45) is 0 Å². The Balaban J connectivity index is 0.00000112. The van der Waals surface area contributed by atoms with Crippen molar-refractivity contribution >= 4 is 24.0 Å². The van der Waals surface area contributed by atoms with Crippen LogP contribution in [0.1, 0.15) is 10.9 Å². The lowest BCUT2D eigenvalue weighted by Gasteiger charge is -2.08. The van der Waals surface area contributed by atoms with Gasteiger partial charge in [-0.3, -0.25) is 4.68 Å². The number of halogens is 2. The van der Waals surface area contributed by atoms with Crippen LogP contribution in [0.3, 0.4) is 0 Å². The molecule has 0 saturated heterocycles. The number of alkyl halides is 1. The molecule has 2 rings (SSSR count). The molecule has 1 atom stereocenters. The molecule has 5 heteroatoms. The zero-order valence-electron chi connectivity index (χ0n) is 7.95. The summed E-state index contributed by atoms with van der Waals surface area (Å²) in [7, 11) is 0. The molecule has 1 aromatic carbocycles. The van der Waals surface area contributed by atoms with Gasteiger partial charge in [0.2, 0.25) is 0 Å². The molecule has 0 aliphatic carbocycles. The van der Waals surface area contributed by atoms with Gasteiger partial charge in [0.25, 0.3) is 0 Å². The smallest absolute Gasteiger partial charge is 0.137 e. The third kappa shape index (κ3) is 3.22. The Kier molecular flexibility index (Phi) is 4.59. The predicted molar refractivity (Wildman–Crippen MR) is 62.3 cm³/mol. The average molecular weight is 244 g/mol. The van der Waals surface area contributed by atoms with Crippen molar-refractivity contribution < 1.29 is 0 Å². The highest BCUT2D eigenvalue weighted by molar-refractivity contribution is 6.20. The van der Waals surface area contributed by atoms with Crippen molar-refractivity contribution in [2.45, 2.75) is 11.9 Å². The highest BCUT2D eigenvalue weighted by Gasteiger charge is 2.07. The molecule has 0 radical (unpaired) electrons. The number of hydrogen-bond acceptors (Lipinski definition) is 2. The number of aromatic nitrogens is 3. The first-order valence-corrected chi connectivity index (χ1v) is 4.81. The van der Waals surface area contributed by atoms with Gasteiger partial charge in [0, 0.05) is 0 Å².